The molecule has 1 fully saturated rings. The van der Waals surface area contributed by atoms with Gasteiger partial charge >= 0.3 is 0 Å². The minimum Gasteiger partial charge on any atom is -0.507 e. The number of nitrogens with one attached hydrogen (secondary N) is 1. The molecule has 1 aromatic rings. The molecule has 0 radical (unpaired) electrons. The lowest BCUT2D eigenvalue weighted by molar-refractivity contribution is 0.466. The van der Waals surface area contributed by atoms with Gasteiger partial charge in [-0.05, 0) is 49.1 Å². The van der Waals surface area contributed by atoms with Gasteiger partial charge in [-0.1, -0.05) is 18.6 Å². The maximum absolute atomic E-state index is 9.74. The van der Waals surface area contributed by atoms with Crippen LogP contribution in [-0.4, -0.2) is 22.7 Å². The molecule has 1 aliphatic heterocycles. The minimum absolute atomic E-state index is 0.432. The van der Waals surface area contributed by atoms with Gasteiger partial charge in [0.2, 0.25) is 0 Å². The van der Waals surface area contributed by atoms with E-state index < -0.39 is 0 Å². The Morgan fingerprint density at radius 2 is 2.00 bits per heavy atom. The average molecular weight is 265 g/mol. The van der Waals surface area contributed by atoms with E-state index in [9.17, 15) is 5.11 Å². The van der Waals surface area contributed by atoms with Gasteiger partial charge in [-0.2, -0.15) is 11.8 Å². The summed E-state index contributed by atoms with van der Waals surface area (Å²) in [6, 6.07) is 4.15. The van der Waals surface area contributed by atoms with Gasteiger partial charge in [-0.3, -0.25) is 0 Å². The Morgan fingerprint density at radius 3 is 2.61 bits per heavy atom. The number of thioether (sulfide) groups is 1. The molecule has 0 amide bonds. The van der Waals surface area contributed by atoms with Crippen LogP contribution in [0.4, 0.5) is 0 Å². The Labute approximate surface area is 114 Å². The van der Waals surface area contributed by atoms with Crippen molar-refractivity contribution in [3.8, 4) is 5.75 Å². The first-order valence-electron chi connectivity index (χ1n) is 6.78. The third-order valence-corrected chi connectivity index (χ3v) is 4.92. The van der Waals surface area contributed by atoms with E-state index >= 15 is 0 Å². The molecule has 2 rings (SSSR count). The van der Waals surface area contributed by atoms with Crippen LogP contribution in [-0.2, 0) is 6.54 Å². The SMILES string of the molecule is Cc1cc(CNCC2CCCCS2)cc(C)c1O. The molecule has 0 saturated carbocycles. The van der Waals surface area contributed by atoms with Crippen molar-refractivity contribution in [1.82, 2.24) is 5.32 Å². The molecular formula is C15H23NOS. The smallest absolute Gasteiger partial charge is 0.121 e. The molecule has 0 aliphatic carbocycles. The monoisotopic (exact) mass is 265 g/mol. The van der Waals surface area contributed by atoms with Gasteiger partial charge in [-0.25, -0.2) is 0 Å². The summed E-state index contributed by atoms with van der Waals surface area (Å²) < 4.78 is 0. The van der Waals surface area contributed by atoms with Crippen molar-refractivity contribution in [2.24, 2.45) is 0 Å². The van der Waals surface area contributed by atoms with E-state index in [4.69, 9.17) is 0 Å². The maximum Gasteiger partial charge on any atom is 0.121 e. The van der Waals surface area contributed by atoms with Crippen LogP contribution in [0.25, 0.3) is 0 Å². The summed E-state index contributed by atoms with van der Waals surface area (Å²) in [6.45, 7) is 5.92. The molecule has 1 atom stereocenters. The predicted molar refractivity (Wildman–Crippen MR) is 79.4 cm³/mol. The molecule has 1 saturated heterocycles. The van der Waals surface area contributed by atoms with E-state index in [2.05, 4.69) is 29.2 Å². The lowest BCUT2D eigenvalue weighted by atomic mass is 10.1. The van der Waals surface area contributed by atoms with Crippen molar-refractivity contribution in [2.75, 3.05) is 12.3 Å². The van der Waals surface area contributed by atoms with E-state index in [0.717, 1.165) is 29.5 Å². The fraction of sp³-hybridized carbons (Fsp3) is 0.600. The molecule has 1 unspecified atom stereocenters. The summed E-state index contributed by atoms with van der Waals surface area (Å²) in [6.07, 6.45) is 4.12. The first kappa shape index (κ1) is 13.8. The molecule has 2 N–H and O–H groups in total. The summed E-state index contributed by atoms with van der Waals surface area (Å²) in [5.74, 6) is 1.76. The fourth-order valence-electron chi connectivity index (χ4n) is 2.49. The zero-order valence-electron chi connectivity index (χ0n) is 11.3. The number of phenolic OH excluding ortho intramolecular Hbond substituents is 1. The lowest BCUT2D eigenvalue weighted by Gasteiger charge is -2.21. The summed E-state index contributed by atoms with van der Waals surface area (Å²) in [5.41, 5.74) is 3.21. The molecular weight excluding hydrogens is 242 g/mol. The molecule has 0 bridgehead atoms. The second-order valence-electron chi connectivity index (χ2n) is 5.20. The molecule has 0 spiro atoms. The number of rotatable bonds is 4. The Bertz CT molecular complexity index is 376. The summed E-state index contributed by atoms with van der Waals surface area (Å²) in [4.78, 5) is 0. The topological polar surface area (TPSA) is 32.3 Å². The van der Waals surface area contributed by atoms with Gasteiger partial charge in [0, 0.05) is 18.3 Å². The second kappa shape index (κ2) is 6.48. The fourth-order valence-corrected chi connectivity index (χ4v) is 3.77. The Kier molecular flexibility index (Phi) is 4.95. The maximum atomic E-state index is 9.74. The molecule has 0 aromatic heterocycles. The zero-order chi connectivity index (χ0) is 13.0. The van der Waals surface area contributed by atoms with Crippen LogP contribution in [0.2, 0.25) is 0 Å². The van der Waals surface area contributed by atoms with Gasteiger partial charge in [0.1, 0.15) is 5.75 Å². The van der Waals surface area contributed by atoms with E-state index in [1.807, 2.05) is 13.8 Å². The molecule has 1 heterocycles. The van der Waals surface area contributed by atoms with Crippen LogP contribution in [0.3, 0.4) is 0 Å². The van der Waals surface area contributed by atoms with Gasteiger partial charge in [0.15, 0.2) is 0 Å². The van der Waals surface area contributed by atoms with Gasteiger partial charge in [0.25, 0.3) is 0 Å². The van der Waals surface area contributed by atoms with Gasteiger partial charge in [0.05, 0.1) is 0 Å². The normalized spacial score (nSPS) is 20.0. The van der Waals surface area contributed by atoms with Crippen molar-refractivity contribution in [1.29, 1.82) is 0 Å². The zero-order valence-corrected chi connectivity index (χ0v) is 12.1. The first-order valence-corrected chi connectivity index (χ1v) is 7.83. The van der Waals surface area contributed by atoms with Crippen molar-refractivity contribution in [3.63, 3.8) is 0 Å². The summed E-state index contributed by atoms with van der Waals surface area (Å²) >= 11 is 2.10. The second-order valence-corrected chi connectivity index (χ2v) is 6.61. The molecule has 2 nitrogen and oxygen atoms in total. The highest BCUT2D eigenvalue weighted by Crippen LogP contribution is 2.25. The number of hydrogen-bond acceptors (Lipinski definition) is 3. The highest BCUT2D eigenvalue weighted by atomic mass is 32.2. The number of phenols is 1. The van der Waals surface area contributed by atoms with E-state index in [1.54, 1.807) is 0 Å². The Balaban J connectivity index is 1.82. The average Bonchev–Trinajstić information content (AvgIpc) is 2.37. The first-order chi connectivity index (χ1) is 8.66. The summed E-state index contributed by atoms with van der Waals surface area (Å²) in [5, 5.41) is 14.1. The van der Waals surface area contributed by atoms with Crippen LogP contribution in [0, 0.1) is 13.8 Å². The standard InChI is InChI=1S/C15H23NOS/c1-11-7-13(8-12(2)15(11)17)9-16-10-14-5-3-4-6-18-14/h7-8,14,16-17H,3-6,9-10H2,1-2H3. The number of aryl methyl sites for hydroxylation is 2. The number of hydrogen-bond donors (Lipinski definition) is 2. The van der Waals surface area contributed by atoms with Crippen LogP contribution in [0.1, 0.15) is 36.0 Å². The highest BCUT2D eigenvalue weighted by Gasteiger charge is 2.13. The highest BCUT2D eigenvalue weighted by molar-refractivity contribution is 7.99. The van der Waals surface area contributed by atoms with Crippen LogP contribution >= 0.6 is 11.8 Å². The van der Waals surface area contributed by atoms with Crippen molar-refractivity contribution < 1.29 is 5.11 Å². The molecule has 1 aliphatic rings. The van der Waals surface area contributed by atoms with Crippen molar-refractivity contribution >= 4 is 11.8 Å². The van der Waals surface area contributed by atoms with E-state index in [-0.39, 0.29) is 0 Å². The van der Waals surface area contributed by atoms with Gasteiger partial charge in [-0.15, -0.1) is 0 Å². The van der Waals surface area contributed by atoms with E-state index in [1.165, 1.54) is 30.6 Å². The largest absolute Gasteiger partial charge is 0.507 e. The third-order valence-electron chi connectivity index (χ3n) is 3.53. The van der Waals surface area contributed by atoms with Crippen molar-refractivity contribution in [3.05, 3.63) is 28.8 Å². The van der Waals surface area contributed by atoms with E-state index in [0.29, 0.717) is 5.75 Å². The van der Waals surface area contributed by atoms with Crippen LogP contribution < -0.4 is 5.32 Å². The lowest BCUT2D eigenvalue weighted by Crippen LogP contribution is -2.26. The van der Waals surface area contributed by atoms with Gasteiger partial charge < -0.3 is 10.4 Å². The number of aromatic hydroxyl groups is 1. The van der Waals surface area contributed by atoms with Crippen molar-refractivity contribution in [2.45, 2.75) is 44.9 Å². The van der Waals surface area contributed by atoms with Crippen LogP contribution in [0.5, 0.6) is 5.75 Å². The molecule has 100 valence electrons. The van der Waals surface area contributed by atoms with Crippen LogP contribution in [0.15, 0.2) is 12.1 Å². The Hall–Kier alpha value is -0.670. The summed E-state index contributed by atoms with van der Waals surface area (Å²) in [7, 11) is 0. The quantitative estimate of drug-likeness (QED) is 0.875. The minimum atomic E-state index is 0.432. The number of benzene rings is 1. The molecule has 1 aromatic carbocycles. The molecule has 3 heteroatoms. The predicted octanol–water partition coefficient (Wildman–Crippen LogP) is 3.38. The molecule has 18 heavy (non-hydrogen) atoms. The Morgan fingerprint density at radius 1 is 1.28 bits per heavy atom. The third kappa shape index (κ3) is 3.66.